The Morgan fingerprint density at radius 1 is 1.20 bits per heavy atom. The topological polar surface area (TPSA) is 89.2 Å². The highest BCUT2D eigenvalue weighted by atomic mass is 35.5. The molecule has 10 heteroatoms. The molecule has 3 aromatic rings. The molecule has 0 aromatic carbocycles. The van der Waals surface area contributed by atoms with Crippen molar-refractivity contribution in [3.8, 4) is 11.5 Å². The highest BCUT2D eigenvalue weighted by molar-refractivity contribution is 7.91. The minimum absolute atomic E-state index is 0.221. The molecule has 7 nitrogen and oxygen atoms in total. The summed E-state index contributed by atoms with van der Waals surface area (Å²) in [6, 6.07) is 6.16. The second-order valence-corrected chi connectivity index (χ2v) is 9.35. The lowest BCUT2D eigenvalue weighted by Crippen LogP contribution is -2.30. The van der Waals surface area contributed by atoms with Gasteiger partial charge in [-0.15, -0.1) is 21.5 Å². The fourth-order valence-electron chi connectivity index (χ4n) is 2.81. The molecule has 3 aromatic heterocycles. The molecule has 0 spiro atoms. The Hall–Kier alpha value is -1.81. The van der Waals surface area contributed by atoms with Crippen molar-refractivity contribution in [1.82, 2.24) is 19.5 Å². The molecule has 0 aliphatic carbocycles. The van der Waals surface area contributed by atoms with Gasteiger partial charge in [0.15, 0.2) is 0 Å². The number of pyridine rings is 1. The van der Waals surface area contributed by atoms with Crippen molar-refractivity contribution in [2.45, 2.75) is 23.1 Å². The zero-order chi connectivity index (χ0) is 17.4. The first-order valence-corrected chi connectivity index (χ1v) is 10.2. The normalized spacial score (nSPS) is 18.7. The van der Waals surface area contributed by atoms with Gasteiger partial charge < -0.3 is 4.42 Å². The molecule has 1 unspecified atom stereocenters. The Kier molecular flexibility index (Phi) is 4.32. The fourth-order valence-corrected chi connectivity index (χ4v) is 6.07. The van der Waals surface area contributed by atoms with Gasteiger partial charge in [-0.05, 0) is 37.1 Å². The van der Waals surface area contributed by atoms with Crippen LogP contribution < -0.4 is 0 Å². The Bertz CT molecular complexity index is 987. The van der Waals surface area contributed by atoms with Crippen LogP contribution in [0.4, 0.5) is 0 Å². The summed E-state index contributed by atoms with van der Waals surface area (Å²) >= 11 is 6.93. The zero-order valence-corrected chi connectivity index (χ0v) is 15.3. The molecule has 4 heterocycles. The number of hydrogen-bond acceptors (Lipinski definition) is 7. The van der Waals surface area contributed by atoms with Gasteiger partial charge in [-0.1, -0.05) is 11.6 Å². The predicted octanol–water partition coefficient (Wildman–Crippen LogP) is 3.37. The molecule has 1 aliphatic rings. The van der Waals surface area contributed by atoms with E-state index in [1.54, 1.807) is 30.6 Å². The van der Waals surface area contributed by atoms with Gasteiger partial charge in [0.05, 0.1) is 4.34 Å². The summed E-state index contributed by atoms with van der Waals surface area (Å²) in [7, 11) is -3.64. The Morgan fingerprint density at radius 3 is 2.72 bits per heavy atom. The van der Waals surface area contributed by atoms with Crippen molar-refractivity contribution in [2.75, 3.05) is 6.54 Å². The lowest BCUT2D eigenvalue weighted by atomic mass is 10.2. The molecule has 1 saturated heterocycles. The van der Waals surface area contributed by atoms with E-state index in [-0.39, 0.29) is 4.21 Å². The maximum absolute atomic E-state index is 12.9. The van der Waals surface area contributed by atoms with E-state index in [1.807, 2.05) is 0 Å². The molecule has 130 valence electrons. The minimum Gasteiger partial charge on any atom is -0.419 e. The lowest BCUT2D eigenvalue weighted by molar-refractivity contribution is 0.333. The van der Waals surface area contributed by atoms with Crippen molar-refractivity contribution in [1.29, 1.82) is 0 Å². The first-order valence-electron chi connectivity index (χ1n) is 7.57. The summed E-state index contributed by atoms with van der Waals surface area (Å²) in [4.78, 5) is 3.95. The first-order chi connectivity index (χ1) is 12.1. The van der Waals surface area contributed by atoms with E-state index in [0.717, 1.165) is 23.3 Å². The molecule has 1 atom stereocenters. The third kappa shape index (κ3) is 3.08. The quantitative estimate of drug-likeness (QED) is 0.671. The van der Waals surface area contributed by atoms with E-state index in [1.165, 1.54) is 10.4 Å². The fraction of sp³-hybridized carbons (Fsp3) is 0.267. The highest BCUT2D eigenvalue weighted by Gasteiger charge is 2.39. The largest absolute Gasteiger partial charge is 0.419 e. The number of halogens is 1. The van der Waals surface area contributed by atoms with Crippen LogP contribution in [0.15, 0.2) is 45.3 Å². The van der Waals surface area contributed by atoms with Crippen LogP contribution in [0.5, 0.6) is 0 Å². The summed E-state index contributed by atoms with van der Waals surface area (Å²) in [5, 5.41) is 8.11. The molecule has 0 saturated carbocycles. The second-order valence-electron chi connectivity index (χ2n) is 5.51. The van der Waals surface area contributed by atoms with Gasteiger partial charge in [-0.2, -0.15) is 4.31 Å². The molecular weight excluding hydrogens is 384 g/mol. The number of hydrogen-bond donors (Lipinski definition) is 0. The van der Waals surface area contributed by atoms with Crippen molar-refractivity contribution in [3.63, 3.8) is 0 Å². The molecule has 0 N–H and O–H groups in total. The first kappa shape index (κ1) is 16.6. The van der Waals surface area contributed by atoms with Crippen LogP contribution in [0, 0.1) is 0 Å². The zero-order valence-electron chi connectivity index (χ0n) is 12.9. The van der Waals surface area contributed by atoms with E-state index >= 15 is 0 Å². The SMILES string of the molecule is O=S(=O)(c1ccc(Cl)s1)N1CCCC1c1nnc(-c2ccncc2)o1. The van der Waals surface area contributed by atoms with Crippen LogP contribution in [0.25, 0.3) is 11.5 Å². The molecule has 0 radical (unpaired) electrons. The highest BCUT2D eigenvalue weighted by Crippen LogP contribution is 2.38. The number of nitrogens with zero attached hydrogens (tertiary/aromatic N) is 4. The molecular formula is C15H13ClN4O3S2. The van der Waals surface area contributed by atoms with Gasteiger partial charge in [0, 0.05) is 24.5 Å². The predicted molar refractivity (Wildman–Crippen MR) is 92.7 cm³/mol. The summed E-state index contributed by atoms with van der Waals surface area (Å²) in [6.07, 6.45) is 4.63. The van der Waals surface area contributed by atoms with Gasteiger partial charge in [0.25, 0.3) is 10.0 Å². The van der Waals surface area contributed by atoms with E-state index in [0.29, 0.717) is 29.1 Å². The summed E-state index contributed by atoms with van der Waals surface area (Å²) < 4.78 is 33.6. The van der Waals surface area contributed by atoms with Crippen molar-refractivity contribution in [3.05, 3.63) is 46.9 Å². The average Bonchev–Trinajstić information content (AvgIpc) is 3.35. The van der Waals surface area contributed by atoms with Gasteiger partial charge in [0.2, 0.25) is 11.8 Å². The van der Waals surface area contributed by atoms with Crippen LogP contribution in [0.2, 0.25) is 4.34 Å². The summed E-state index contributed by atoms with van der Waals surface area (Å²) in [6.45, 7) is 0.412. The van der Waals surface area contributed by atoms with Gasteiger partial charge >= 0.3 is 0 Å². The summed E-state index contributed by atoms with van der Waals surface area (Å²) in [5.41, 5.74) is 0.742. The number of aromatic nitrogens is 3. The van der Waals surface area contributed by atoms with E-state index < -0.39 is 16.1 Å². The molecule has 1 aliphatic heterocycles. The van der Waals surface area contributed by atoms with Crippen LogP contribution >= 0.6 is 22.9 Å². The molecule has 0 bridgehead atoms. The van der Waals surface area contributed by atoms with Gasteiger partial charge in [0.1, 0.15) is 10.3 Å². The third-order valence-corrected chi connectivity index (χ3v) is 7.57. The molecule has 1 fully saturated rings. The van der Waals surface area contributed by atoms with Crippen molar-refractivity contribution < 1.29 is 12.8 Å². The Labute approximate surface area is 153 Å². The Morgan fingerprint density at radius 2 is 2.00 bits per heavy atom. The molecule has 4 rings (SSSR count). The Balaban J connectivity index is 1.65. The standard InChI is InChI=1S/C15H13ClN4O3S2/c16-12-3-4-13(24-12)25(21,22)20-9-1-2-11(20)15-19-18-14(23-15)10-5-7-17-8-6-10/h3-8,11H,1-2,9H2. The number of sulfonamides is 1. The maximum Gasteiger partial charge on any atom is 0.253 e. The van der Waals surface area contributed by atoms with Crippen molar-refractivity contribution in [2.24, 2.45) is 0 Å². The average molecular weight is 397 g/mol. The van der Waals surface area contributed by atoms with Crippen LogP contribution in [-0.4, -0.2) is 34.4 Å². The van der Waals surface area contributed by atoms with E-state index in [4.69, 9.17) is 16.0 Å². The second kappa shape index (κ2) is 6.49. The lowest BCUT2D eigenvalue weighted by Gasteiger charge is -2.20. The van der Waals surface area contributed by atoms with Gasteiger partial charge in [-0.25, -0.2) is 8.42 Å². The van der Waals surface area contributed by atoms with Crippen LogP contribution in [0.1, 0.15) is 24.8 Å². The van der Waals surface area contributed by atoms with Crippen LogP contribution in [-0.2, 0) is 10.0 Å². The van der Waals surface area contributed by atoms with E-state index in [9.17, 15) is 8.42 Å². The number of thiophene rings is 1. The monoisotopic (exact) mass is 396 g/mol. The maximum atomic E-state index is 12.9. The van der Waals surface area contributed by atoms with Gasteiger partial charge in [-0.3, -0.25) is 4.98 Å². The van der Waals surface area contributed by atoms with Crippen molar-refractivity contribution >= 4 is 33.0 Å². The minimum atomic E-state index is -3.64. The summed E-state index contributed by atoms with van der Waals surface area (Å²) in [5.74, 6) is 0.649. The smallest absolute Gasteiger partial charge is 0.253 e. The van der Waals surface area contributed by atoms with Crippen LogP contribution in [0.3, 0.4) is 0 Å². The molecule has 0 amide bonds. The number of rotatable bonds is 4. The van der Waals surface area contributed by atoms with E-state index in [2.05, 4.69) is 15.2 Å². The molecule has 25 heavy (non-hydrogen) atoms. The third-order valence-electron chi connectivity index (χ3n) is 3.97.